The molecule has 0 fully saturated rings. The van der Waals surface area contributed by atoms with Gasteiger partial charge >= 0.3 is 6.18 Å². The van der Waals surface area contributed by atoms with Gasteiger partial charge in [0.05, 0.1) is 5.02 Å². The van der Waals surface area contributed by atoms with Crippen LogP contribution in [0.5, 0.6) is 0 Å². The molecule has 0 aliphatic carbocycles. The molecule has 0 N–H and O–H groups in total. The van der Waals surface area contributed by atoms with Crippen LogP contribution in [-0.4, -0.2) is 9.55 Å². The Bertz CT molecular complexity index is 592. The topological polar surface area (TPSA) is 17.8 Å². The Labute approximate surface area is 115 Å². The first-order valence-electron chi connectivity index (χ1n) is 4.85. The van der Waals surface area contributed by atoms with E-state index in [1.54, 1.807) is 18.2 Å². The Morgan fingerprint density at radius 2 is 2.00 bits per heavy atom. The molecule has 2 rings (SSSR count). The Balaban J connectivity index is 2.51. The first-order chi connectivity index (χ1) is 8.29. The third kappa shape index (κ3) is 2.54. The van der Waals surface area contributed by atoms with Gasteiger partial charge in [-0.05, 0) is 28.1 Å². The molecule has 0 saturated carbocycles. The predicted octanol–water partition coefficient (Wildman–Crippen LogP) is 4.52. The molecular weight excluding hydrogens is 332 g/mol. The Hall–Kier alpha value is -1.01. The minimum Gasteiger partial charge on any atom is -0.333 e. The lowest BCUT2D eigenvalue weighted by Gasteiger charge is -2.03. The van der Waals surface area contributed by atoms with Crippen LogP contribution in [0, 0.1) is 0 Å². The Morgan fingerprint density at radius 3 is 2.50 bits per heavy atom. The Morgan fingerprint density at radius 1 is 1.33 bits per heavy atom. The molecule has 18 heavy (non-hydrogen) atoms. The van der Waals surface area contributed by atoms with Gasteiger partial charge in [-0.1, -0.05) is 17.7 Å². The van der Waals surface area contributed by atoms with Gasteiger partial charge in [0.1, 0.15) is 5.82 Å². The highest BCUT2D eigenvalue weighted by molar-refractivity contribution is 9.10. The van der Waals surface area contributed by atoms with E-state index in [1.165, 1.54) is 11.6 Å². The number of hydrogen-bond donors (Lipinski definition) is 0. The summed E-state index contributed by atoms with van der Waals surface area (Å²) >= 11 is 9.12. The van der Waals surface area contributed by atoms with Crippen LogP contribution in [0.1, 0.15) is 5.69 Å². The Kier molecular flexibility index (Phi) is 3.42. The fourth-order valence-corrected chi connectivity index (χ4v) is 1.93. The summed E-state index contributed by atoms with van der Waals surface area (Å²) in [7, 11) is 1.51. The van der Waals surface area contributed by atoms with Crippen LogP contribution in [-0.2, 0) is 13.2 Å². The van der Waals surface area contributed by atoms with E-state index in [1.807, 2.05) is 0 Å². The average Bonchev–Trinajstić information content (AvgIpc) is 2.64. The van der Waals surface area contributed by atoms with Crippen LogP contribution in [0.2, 0.25) is 5.02 Å². The zero-order valence-corrected chi connectivity index (χ0v) is 11.4. The highest BCUT2D eigenvalue weighted by Gasteiger charge is 2.34. The number of aromatic nitrogens is 2. The third-order valence-corrected chi connectivity index (χ3v) is 3.58. The molecule has 7 heteroatoms. The summed E-state index contributed by atoms with van der Waals surface area (Å²) in [5, 5.41) is 0.420. The van der Waals surface area contributed by atoms with Gasteiger partial charge in [-0.15, -0.1) is 0 Å². The number of aryl methyl sites for hydroxylation is 1. The van der Waals surface area contributed by atoms with Crippen molar-refractivity contribution >= 4 is 27.5 Å². The molecule has 0 unspecified atom stereocenters. The second kappa shape index (κ2) is 4.59. The quantitative estimate of drug-likeness (QED) is 0.747. The number of halogens is 5. The van der Waals surface area contributed by atoms with Crippen molar-refractivity contribution in [1.82, 2.24) is 9.55 Å². The highest BCUT2D eigenvalue weighted by Crippen LogP contribution is 2.32. The van der Waals surface area contributed by atoms with Crippen molar-refractivity contribution < 1.29 is 13.2 Å². The van der Waals surface area contributed by atoms with E-state index in [0.717, 1.165) is 6.20 Å². The van der Waals surface area contributed by atoms with Gasteiger partial charge in [0.2, 0.25) is 0 Å². The largest absolute Gasteiger partial charge is 0.434 e. The van der Waals surface area contributed by atoms with E-state index in [0.29, 0.717) is 15.1 Å². The standard InChI is InChI=1S/C11H7BrClF3N2/c1-18-5-9(11(14,15)16)17-10(18)6-2-3-7(12)8(13)4-6/h2-5H,1H3. The fourth-order valence-electron chi connectivity index (χ4n) is 1.51. The van der Waals surface area contributed by atoms with E-state index in [2.05, 4.69) is 20.9 Å². The van der Waals surface area contributed by atoms with Crippen molar-refractivity contribution in [2.24, 2.45) is 7.05 Å². The maximum absolute atomic E-state index is 12.5. The maximum atomic E-state index is 12.5. The van der Waals surface area contributed by atoms with Gasteiger partial charge in [0.25, 0.3) is 0 Å². The van der Waals surface area contributed by atoms with Crippen molar-refractivity contribution in [3.63, 3.8) is 0 Å². The van der Waals surface area contributed by atoms with E-state index in [-0.39, 0.29) is 5.82 Å². The summed E-state index contributed by atoms with van der Waals surface area (Å²) in [6.07, 6.45) is -3.50. The number of rotatable bonds is 1. The zero-order valence-electron chi connectivity index (χ0n) is 9.09. The van der Waals surface area contributed by atoms with Crippen LogP contribution >= 0.6 is 27.5 Å². The third-order valence-electron chi connectivity index (χ3n) is 2.34. The summed E-state index contributed by atoms with van der Waals surface area (Å²) in [5.41, 5.74) is -0.389. The number of benzene rings is 1. The van der Waals surface area contributed by atoms with E-state index >= 15 is 0 Å². The molecule has 0 atom stereocenters. The SMILES string of the molecule is Cn1cc(C(F)(F)F)nc1-c1ccc(Br)c(Cl)c1. The van der Waals surface area contributed by atoms with Crippen molar-refractivity contribution in [3.05, 3.63) is 39.6 Å². The first kappa shape index (κ1) is 13.4. The summed E-state index contributed by atoms with van der Waals surface area (Å²) in [5.74, 6) is 0.219. The molecule has 0 aliphatic heterocycles. The molecule has 1 aromatic carbocycles. The first-order valence-corrected chi connectivity index (χ1v) is 6.02. The molecule has 0 aliphatic rings. The molecule has 1 heterocycles. The second-order valence-electron chi connectivity index (χ2n) is 3.69. The van der Waals surface area contributed by atoms with Gasteiger partial charge < -0.3 is 4.57 Å². The highest BCUT2D eigenvalue weighted by atomic mass is 79.9. The number of alkyl halides is 3. The van der Waals surface area contributed by atoms with Crippen LogP contribution in [0.15, 0.2) is 28.9 Å². The van der Waals surface area contributed by atoms with E-state index < -0.39 is 11.9 Å². The van der Waals surface area contributed by atoms with Crippen molar-refractivity contribution in [3.8, 4) is 11.4 Å². The van der Waals surface area contributed by atoms with Gasteiger partial charge in [0.15, 0.2) is 5.69 Å². The normalized spacial score (nSPS) is 11.9. The summed E-state index contributed by atoms with van der Waals surface area (Å²) in [4.78, 5) is 3.59. The summed E-state index contributed by atoms with van der Waals surface area (Å²) in [6, 6.07) is 4.88. The van der Waals surface area contributed by atoms with Crippen LogP contribution < -0.4 is 0 Å². The molecule has 96 valence electrons. The van der Waals surface area contributed by atoms with E-state index in [4.69, 9.17) is 11.6 Å². The molecule has 0 bridgehead atoms. The van der Waals surface area contributed by atoms with Crippen molar-refractivity contribution in [1.29, 1.82) is 0 Å². The lowest BCUT2D eigenvalue weighted by Crippen LogP contribution is -2.04. The van der Waals surface area contributed by atoms with Gasteiger partial charge in [-0.2, -0.15) is 13.2 Å². The minimum atomic E-state index is -4.45. The summed E-state index contributed by atoms with van der Waals surface area (Å²) < 4.78 is 39.6. The second-order valence-corrected chi connectivity index (χ2v) is 4.95. The molecule has 2 aromatic rings. The lowest BCUT2D eigenvalue weighted by molar-refractivity contribution is -0.140. The smallest absolute Gasteiger partial charge is 0.333 e. The molecular formula is C11H7BrClF3N2. The van der Waals surface area contributed by atoms with Gasteiger partial charge in [0, 0.05) is 23.3 Å². The van der Waals surface area contributed by atoms with Gasteiger partial charge in [-0.25, -0.2) is 4.98 Å². The minimum absolute atomic E-state index is 0.219. The molecule has 0 saturated heterocycles. The van der Waals surface area contributed by atoms with Crippen molar-refractivity contribution in [2.45, 2.75) is 6.18 Å². The molecule has 2 nitrogen and oxygen atoms in total. The average molecular weight is 340 g/mol. The van der Waals surface area contributed by atoms with Gasteiger partial charge in [-0.3, -0.25) is 0 Å². The molecule has 1 aromatic heterocycles. The number of hydrogen-bond acceptors (Lipinski definition) is 1. The summed E-state index contributed by atoms with van der Waals surface area (Å²) in [6.45, 7) is 0. The van der Waals surface area contributed by atoms with E-state index in [9.17, 15) is 13.2 Å². The molecule has 0 spiro atoms. The van der Waals surface area contributed by atoms with Crippen LogP contribution in [0.25, 0.3) is 11.4 Å². The molecule has 0 amide bonds. The lowest BCUT2D eigenvalue weighted by atomic mass is 10.2. The van der Waals surface area contributed by atoms with Crippen LogP contribution in [0.3, 0.4) is 0 Å². The zero-order chi connectivity index (χ0) is 13.5. The van der Waals surface area contributed by atoms with Crippen LogP contribution in [0.4, 0.5) is 13.2 Å². The predicted molar refractivity (Wildman–Crippen MR) is 66.4 cm³/mol. The van der Waals surface area contributed by atoms with Crippen molar-refractivity contribution in [2.75, 3.05) is 0 Å². The maximum Gasteiger partial charge on any atom is 0.434 e. The monoisotopic (exact) mass is 338 g/mol. The number of imidazole rings is 1. The molecule has 0 radical (unpaired) electrons. The fraction of sp³-hybridized carbons (Fsp3) is 0.182. The number of nitrogens with zero attached hydrogens (tertiary/aromatic N) is 2.